The van der Waals surface area contributed by atoms with E-state index in [1.54, 1.807) is 0 Å². The van der Waals surface area contributed by atoms with Crippen molar-refractivity contribution in [2.45, 2.75) is 19.3 Å². The Bertz CT molecular complexity index is 2780. The number of anilines is 3. The van der Waals surface area contributed by atoms with Crippen LogP contribution >= 0.6 is 11.3 Å². The summed E-state index contributed by atoms with van der Waals surface area (Å²) in [6, 6.07) is 64.9. The highest BCUT2D eigenvalue weighted by Gasteiger charge is 2.35. The summed E-state index contributed by atoms with van der Waals surface area (Å²) in [4.78, 5) is 2.43. The summed E-state index contributed by atoms with van der Waals surface area (Å²) in [7, 11) is 0. The number of benzene rings is 8. The van der Waals surface area contributed by atoms with Gasteiger partial charge in [-0.25, -0.2) is 0 Å². The molecule has 1 aromatic heterocycles. The zero-order valence-corrected chi connectivity index (χ0v) is 29.4. The summed E-state index contributed by atoms with van der Waals surface area (Å²) < 4.78 is 2.62. The second-order valence-electron chi connectivity index (χ2n) is 14.2. The molecule has 1 heterocycles. The molecule has 51 heavy (non-hydrogen) atoms. The lowest BCUT2D eigenvalue weighted by Crippen LogP contribution is -2.16. The Labute approximate surface area is 302 Å². The highest BCUT2D eigenvalue weighted by atomic mass is 32.1. The summed E-state index contributed by atoms with van der Waals surface area (Å²) in [5, 5.41) is 5.17. The van der Waals surface area contributed by atoms with E-state index in [2.05, 4.69) is 195 Å². The van der Waals surface area contributed by atoms with Crippen molar-refractivity contribution in [3.05, 3.63) is 187 Å². The quantitative estimate of drug-likeness (QED) is 0.176. The summed E-state index contributed by atoms with van der Waals surface area (Å²) in [5.41, 5.74) is 13.7. The minimum atomic E-state index is -0.0814. The van der Waals surface area contributed by atoms with Gasteiger partial charge in [0.05, 0.1) is 0 Å². The van der Waals surface area contributed by atoms with Gasteiger partial charge in [-0.05, 0) is 104 Å². The number of nitrogens with zero attached hydrogens (tertiary/aromatic N) is 1. The van der Waals surface area contributed by atoms with E-state index in [1.807, 2.05) is 11.3 Å². The molecule has 0 bridgehead atoms. The number of fused-ring (bicyclic) bond motifs is 7. The fourth-order valence-corrected chi connectivity index (χ4v) is 9.42. The minimum absolute atomic E-state index is 0.0814. The number of hydrogen-bond acceptors (Lipinski definition) is 2. The van der Waals surface area contributed by atoms with Gasteiger partial charge in [-0.15, -0.1) is 11.3 Å². The van der Waals surface area contributed by atoms with Crippen molar-refractivity contribution in [2.75, 3.05) is 4.90 Å². The van der Waals surface area contributed by atoms with Crippen LogP contribution in [0.15, 0.2) is 176 Å². The summed E-state index contributed by atoms with van der Waals surface area (Å²) in [5.74, 6) is 0. The fraction of sp³-hybridized carbons (Fsp3) is 0.0612. The lowest BCUT2D eigenvalue weighted by atomic mass is 9.82. The Kier molecular flexibility index (Phi) is 6.78. The van der Waals surface area contributed by atoms with Crippen LogP contribution < -0.4 is 4.90 Å². The number of hydrogen-bond donors (Lipinski definition) is 0. The van der Waals surface area contributed by atoms with Crippen LogP contribution in [0.2, 0.25) is 0 Å². The highest BCUT2D eigenvalue weighted by molar-refractivity contribution is 7.25. The monoisotopic (exact) mass is 669 g/mol. The van der Waals surface area contributed by atoms with Crippen molar-refractivity contribution in [3.8, 4) is 33.4 Å². The van der Waals surface area contributed by atoms with Crippen molar-refractivity contribution in [3.63, 3.8) is 0 Å². The molecular weight excluding hydrogens is 635 g/mol. The molecule has 0 amide bonds. The van der Waals surface area contributed by atoms with Crippen molar-refractivity contribution in [2.24, 2.45) is 0 Å². The predicted molar refractivity (Wildman–Crippen MR) is 220 cm³/mol. The van der Waals surface area contributed by atoms with E-state index in [1.165, 1.54) is 81.1 Å². The molecular formula is C49H35NS. The molecule has 0 unspecified atom stereocenters. The number of rotatable bonds is 5. The van der Waals surface area contributed by atoms with Gasteiger partial charge in [0.25, 0.3) is 0 Å². The molecule has 0 atom stereocenters. The first-order chi connectivity index (χ1) is 25.0. The Morgan fingerprint density at radius 1 is 0.392 bits per heavy atom. The summed E-state index contributed by atoms with van der Waals surface area (Å²) in [6.45, 7) is 4.71. The summed E-state index contributed by atoms with van der Waals surface area (Å²) >= 11 is 1.87. The normalized spacial score (nSPS) is 13.1. The first-order valence-corrected chi connectivity index (χ1v) is 18.5. The van der Waals surface area contributed by atoms with E-state index >= 15 is 0 Å². The lowest BCUT2D eigenvalue weighted by molar-refractivity contribution is 0.660. The predicted octanol–water partition coefficient (Wildman–Crippen LogP) is 14.3. The van der Waals surface area contributed by atoms with E-state index in [0.717, 1.165) is 11.4 Å². The zero-order chi connectivity index (χ0) is 34.1. The van der Waals surface area contributed by atoms with Crippen molar-refractivity contribution >= 4 is 59.3 Å². The van der Waals surface area contributed by atoms with Crippen LogP contribution in [0.4, 0.5) is 17.1 Å². The molecule has 242 valence electrons. The molecule has 10 rings (SSSR count). The lowest BCUT2D eigenvalue weighted by Gasteiger charge is -2.28. The second kappa shape index (κ2) is 11.6. The Morgan fingerprint density at radius 2 is 1.02 bits per heavy atom. The topological polar surface area (TPSA) is 3.24 Å². The van der Waals surface area contributed by atoms with Crippen LogP contribution in [-0.2, 0) is 5.41 Å². The van der Waals surface area contributed by atoms with Gasteiger partial charge in [-0.3, -0.25) is 0 Å². The Balaban J connectivity index is 1.09. The first-order valence-electron chi connectivity index (χ1n) is 17.7. The fourth-order valence-electron chi connectivity index (χ4n) is 8.28. The smallest absolute Gasteiger partial charge is 0.0476 e. The maximum absolute atomic E-state index is 2.43. The van der Waals surface area contributed by atoms with Crippen LogP contribution in [-0.4, -0.2) is 0 Å². The molecule has 0 saturated heterocycles. The van der Waals surface area contributed by atoms with Gasteiger partial charge in [0.15, 0.2) is 0 Å². The molecule has 1 aliphatic carbocycles. The van der Waals surface area contributed by atoms with E-state index in [-0.39, 0.29) is 5.41 Å². The maximum atomic E-state index is 2.43. The van der Waals surface area contributed by atoms with Gasteiger partial charge in [-0.2, -0.15) is 0 Å². The van der Waals surface area contributed by atoms with E-state index in [4.69, 9.17) is 0 Å². The Morgan fingerprint density at radius 3 is 1.92 bits per heavy atom. The van der Waals surface area contributed by atoms with Gasteiger partial charge in [-0.1, -0.05) is 141 Å². The first kappa shape index (κ1) is 29.9. The number of thiophene rings is 1. The van der Waals surface area contributed by atoms with Crippen LogP contribution in [0, 0.1) is 0 Å². The molecule has 0 saturated carbocycles. The van der Waals surface area contributed by atoms with Crippen LogP contribution in [0.25, 0.3) is 64.3 Å². The van der Waals surface area contributed by atoms with Crippen LogP contribution in [0.3, 0.4) is 0 Å². The van der Waals surface area contributed by atoms with E-state index < -0.39 is 0 Å². The van der Waals surface area contributed by atoms with E-state index in [9.17, 15) is 0 Å². The van der Waals surface area contributed by atoms with Crippen molar-refractivity contribution in [1.82, 2.24) is 0 Å². The van der Waals surface area contributed by atoms with Crippen molar-refractivity contribution in [1.29, 1.82) is 0 Å². The third-order valence-corrected chi connectivity index (χ3v) is 12.0. The van der Waals surface area contributed by atoms with Crippen LogP contribution in [0.1, 0.15) is 25.0 Å². The zero-order valence-electron chi connectivity index (χ0n) is 28.6. The van der Waals surface area contributed by atoms with Gasteiger partial charge in [0.2, 0.25) is 0 Å². The van der Waals surface area contributed by atoms with Gasteiger partial charge < -0.3 is 4.90 Å². The third kappa shape index (κ3) is 4.82. The van der Waals surface area contributed by atoms with Gasteiger partial charge in [0, 0.05) is 42.6 Å². The molecule has 0 N–H and O–H groups in total. The van der Waals surface area contributed by atoms with Crippen LogP contribution in [0.5, 0.6) is 0 Å². The largest absolute Gasteiger partial charge is 0.310 e. The van der Waals surface area contributed by atoms with Crippen molar-refractivity contribution < 1.29 is 0 Å². The SMILES string of the molecule is CC1(C)c2ccccc2-c2ccc(N(c3ccc(-c4cccc(-c5cccc6ccccc56)c4)cc3)c3ccc4c(c3)sc3ccccc34)cc21. The molecule has 9 aromatic rings. The molecule has 0 aliphatic heterocycles. The molecule has 1 nitrogen and oxygen atoms in total. The standard InChI is InChI=1S/C49H35NS/c1-49(2)45-19-7-5-16-41(45)42-27-25-37(30-46(42)49)50(38-26-28-44-43-17-6-8-20-47(43)51-48(44)31-38)36-23-21-32(22-24-36)34-13-9-14-35(29-34)40-18-10-12-33-11-3-4-15-39(33)40/h3-31H,1-2H3. The molecule has 0 fully saturated rings. The third-order valence-electron chi connectivity index (χ3n) is 10.9. The molecule has 1 aliphatic rings. The average Bonchev–Trinajstić information content (AvgIpc) is 3.66. The minimum Gasteiger partial charge on any atom is -0.310 e. The molecule has 0 spiro atoms. The Hall–Kier alpha value is -5.96. The van der Waals surface area contributed by atoms with Gasteiger partial charge in [0.1, 0.15) is 0 Å². The van der Waals surface area contributed by atoms with Gasteiger partial charge >= 0.3 is 0 Å². The van der Waals surface area contributed by atoms with E-state index in [0.29, 0.717) is 0 Å². The maximum Gasteiger partial charge on any atom is 0.0476 e. The second-order valence-corrected chi connectivity index (χ2v) is 15.3. The molecule has 2 heteroatoms. The molecule has 0 radical (unpaired) electrons. The summed E-state index contributed by atoms with van der Waals surface area (Å²) in [6.07, 6.45) is 0. The average molecular weight is 670 g/mol. The highest BCUT2D eigenvalue weighted by Crippen LogP contribution is 2.51. The molecule has 8 aromatic carbocycles.